The maximum atomic E-state index is 5.47. The Balaban J connectivity index is 1.82. The molecule has 0 radical (unpaired) electrons. The van der Waals surface area contributed by atoms with Gasteiger partial charge in [-0.2, -0.15) is 0 Å². The van der Waals surface area contributed by atoms with E-state index in [2.05, 4.69) is 32.2 Å². The highest BCUT2D eigenvalue weighted by Crippen LogP contribution is 2.30. The number of hydrogen-bond acceptors (Lipinski definition) is 2. The Morgan fingerprint density at radius 1 is 1.33 bits per heavy atom. The molecule has 0 saturated heterocycles. The maximum absolute atomic E-state index is 5.47. The molecule has 2 rings (SSSR count). The fraction of sp³-hybridized carbons (Fsp3) is 0.750. The van der Waals surface area contributed by atoms with Gasteiger partial charge in [0.15, 0.2) is 0 Å². The van der Waals surface area contributed by atoms with E-state index in [4.69, 9.17) is 4.42 Å². The Morgan fingerprint density at radius 2 is 2.17 bits per heavy atom. The standard InChI is InChI=1S/C16H27NO/c1-12(2)10-14-6-4-7-15(11-14)17-13(3)16-8-5-9-18-16/h5,8-9,12-15,17H,4,6-7,10-11H2,1-3H3/t13-,14?,15?/m1/s1. The molecule has 0 aliphatic heterocycles. The Bertz CT molecular complexity index is 331. The fourth-order valence-corrected chi connectivity index (χ4v) is 3.30. The second kappa shape index (κ2) is 6.42. The quantitative estimate of drug-likeness (QED) is 0.829. The summed E-state index contributed by atoms with van der Waals surface area (Å²) in [6.07, 6.45) is 8.59. The lowest BCUT2D eigenvalue weighted by Crippen LogP contribution is -2.36. The second-order valence-corrected chi connectivity index (χ2v) is 6.26. The average Bonchev–Trinajstić information content (AvgIpc) is 2.81. The Morgan fingerprint density at radius 3 is 2.83 bits per heavy atom. The van der Waals surface area contributed by atoms with Crippen molar-refractivity contribution in [2.45, 2.75) is 65.0 Å². The van der Waals surface area contributed by atoms with Crippen molar-refractivity contribution in [1.29, 1.82) is 0 Å². The van der Waals surface area contributed by atoms with E-state index in [1.54, 1.807) is 6.26 Å². The molecule has 102 valence electrons. The third kappa shape index (κ3) is 3.88. The topological polar surface area (TPSA) is 25.2 Å². The lowest BCUT2D eigenvalue weighted by Gasteiger charge is -2.32. The lowest BCUT2D eigenvalue weighted by molar-refractivity contribution is 0.236. The Kier molecular flexibility index (Phi) is 4.87. The predicted molar refractivity (Wildman–Crippen MR) is 75.5 cm³/mol. The van der Waals surface area contributed by atoms with E-state index in [0.717, 1.165) is 17.6 Å². The summed E-state index contributed by atoms with van der Waals surface area (Å²) < 4.78 is 5.47. The van der Waals surface area contributed by atoms with Gasteiger partial charge in [-0.15, -0.1) is 0 Å². The first kappa shape index (κ1) is 13.7. The van der Waals surface area contributed by atoms with Crippen LogP contribution in [0.25, 0.3) is 0 Å². The molecule has 1 N–H and O–H groups in total. The van der Waals surface area contributed by atoms with Crippen LogP contribution in [-0.2, 0) is 0 Å². The molecule has 3 atom stereocenters. The summed E-state index contributed by atoms with van der Waals surface area (Å²) in [5.41, 5.74) is 0. The first-order valence-corrected chi connectivity index (χ1v) is 7.44. The van der Waals surface area contributed by atoms with Gasteiger partial charge < -0.3 is 9.73 Å². The summed E-state index contributed by atoms with van der Waals surface area (Å²) in [7, 11) is 0. The summed E-state index contributed by atoms with van der Waals surface area (Å²) in [5, 5.41) is 3.73. The summed E-state index contributed by atoms with van der Waals surface area (Å²) >= 11 is 0. The van der Waals surface area contributed by atoms with Crippen LogP contribution in [0.15, 0.2) is 22.8 Å². The van der Waals surface area contributed by atoms with Gasteiger partial charge in [-0.3, -0.25) is 0 Å². The first-order chi connectivity index (χ1) is 8.65. The maximum Gasteiger partial charge on any atom is 0.120 e. The van der Waals surface area contributed by atoms with Crippen LogP contribution in [0.2, 0.25) is 0 Å². The van der Waals surface area contributed by atoms with E-state index < -0.39 is 0 Å². The fourth-order valence-electron chi connectivity index (χ4n) is 3.30. The molecule has 1 aliphatic rings. The molecule has 0 aromatic carbocycles. The van der Waals surface area contributed by atoms with E-state index in [-0.39, 0.29) is 0 Å². The zero-order valence-corrected chi connectivity index (χ0v) is 12.0. The van der Waals surface area contributed by atoms with Crippen LogP contribution in [0.4, 0.5) is 0 Å². The molecule has 1 saturated carbocycles. The highest BCUT2D eigenvalue weighted by molar-refractivity contribution is 5.03. The number of hydrogen-bond donors (Lipinski definition) is 1. The minimum absolute atomic E-state index is 0.336. The summed E-state index contributed by atoms with van der Waals surface area (Å²) in [6, 6.07) is 5.03. The van der Waals surface area contributed by atoms with Crippen molar-refractivity contribution >= 4 is 0 Å². The Labute approximate surface area is 111 Å². The third-order valence-electron chi connectivity index (χ3n) is 4.04. The number of rotatable bonds is 5. The summed E-state index contributed by atoms with van der Waals surface area (Å²) in [4.78, 5) is 0. The SMILES string of the molecule is CC(C)CC1CCCC(N[C@H](C)c2ccco2)C1. The second-order valence-electron chi connectivity index (χ2n) is 6.26. The highest BCUT2D eigenvalue weighted by atomic mass is 16.3. The average molecular weight is 249 g/mol. The van der Waals surface area contributed by atoms with Gasteiger partial charge in [-0.1, -0.05) is 26.7 Å². The molecule has 2 unspecified atom stereocenters. The molecule has 1 aromatic rings. The van der Waals surface area contributed by atoms with Crippen molar-refractivity contribution in [2.75, 3.05) is 0 Å². The van der Waals surface area contributed by atoms with Crippen LogP contribution in [-0.4, -0.2) is 6.04 Å². The van der Waals surface area contributed by atoms with E-state index >= 15 is 0 Å². The van der Waals surface area contributed by atoms with Crippen molar-refractivity contribution in [3.8, 4) is 0 Å². The van der Waals surface area contributed by atoms with Gasteiger partial charge in [-0.25, -0.2) is 0 Å². The molecular weight excluding hydrogens is 222 g/mol. The molecule has 1 aliphatic carbocycles. The normalized spacial score (nSPS) is 26.4. The minimum Gasteiger partial charge on any atom is -0.468 e. The van der Waals surface area contributed by atoms with Crippen molar-refractivity contribution in [2.24, 2.45) is 11.8 Å². The largest absolute Gasteiger partial charge is 0.468 e. The zero-order valence-electron chi connectivity index (χ0n) is 12.0. The van der Waals surface area contributed by atoms with Crippen molar-refractivity contribution in [3.05, 3.63) is 24.2 Å². The molecule has 0 amide bonds. The van der Waals surface area contributed by atoms with Gasteiger partial charge in [0.1, 0.15) is 5.76 Å². The van der Waals surface area contributed by atoms with Crippen LogP contribution in [0.5, 0.6) is 0 Å². The van der Waals surface area contributed by atoms with Gasteiger partial charge >= 0.3 is 0 Å². The molecule has 1 fully saturated rings. The molecule has 2 nitrogen and oxygen atoms in total. The third-order valence-corrected chi connectivity index (χ3v) is 4.04. The van der Waals surface area contributed by atoms with E-state index in [9.17, 15) is 0 Å². The summed E-state index contributed by atoms with van der Waals surface area (Å²) in [6.45, 7) is 6.87. The Hall–Kier alpha value is -0.760. The summed E-state index contributed by atoms with van der Waals surface area (Å²) in [5.74, 6) is 2.80. The van der Waals surface area contributed by atoms with E-state index in [1.165, 1.54) is 32.1 Å². The van der Waals surface area contributed by atoms with Gasteiger partial charge in [0.2, 0.25) is 0 Å². The zero-order chi connectivity index (χ0) is 13.0. The molecule has 0 bridgehead atoms. The minimum atomic E-state index is 0.336. The highest BCUT2D eigenvalue weighted by Gasteiger charge is 2.24. The van der Waals surface area contributed by atoms with E-state index in [1.807, 2.05) is 6.07 Å². The van der Waals surface area contributed by atoms with Crippen LogP contribution in [0.3, 0.4) is 0 Å². The lowest BCUT2D eigenvalue weighted by atomic mass is 9.81. The predicted octanol–water partition coefficient (Wildman–Crippen LogP) is 4.54. The molecule has 18 heavy (non-hydrogen) atoms. The number of furan rings is 1. The van der Waals surface area contributed by atoms with Crippen molar-refractivity contribution in [3.63, 3.8) is 0 Å². The van der Waals surface area contributed by atoms with Gasteiger partial charge in [0, 0.05) is 6.04 Å². The van der Waals surface area contributed by atoms with Crippen molar-refractivity contribution < 1.29 is 4.42 Å². The monoisotopic (exact) mass is 249 g/mol. The van der Waals surface area contributed by atoms with Crippen LogP contribution in [0.1, 0.15) is 64.7 Å². The molecule has 2 heteroatoms. The van der Waals surface area contributed by atoms with Crippen molar-refractivity contribution in [1.82, 2.24) is 5.32 Å². The smallest absolute Gasteiger partial charge is 0.120 e. The van der Waals surface area contributed by atoms with Crippen LogP contribution < -0.4 is 5.32 Å². The van der Waals surface area contributed by atoms with Gasteiger partial charge in [-0.05, 0) is 50.2 Å². The van der Waals surface area contributed by atoms with E-state index in [0.29, 0.717) is 12.1 Å². The van der Waals surface area contributed by atoms with Gasteiger partial charge in [0.05, 0.1) is 12.3 Å². The molecular formula is C16H27NO. The first-order valence-electron chi connectivity index (χ1n) is 7.44. The molecule has 1 heterocycles. The number of nitrogens with one attached hydrogen (secondary N) is 1. The van der Waals surface area contributed by atoms with Gasteiger partial charge in [0.25, 0.3) is 0 Å². The molecule has 1 aromatic heterocycles. The molecule has 0 spiro atoms. The van der Waals surface area contributed by atoms with Crippen LogP contribution >= 0.6 is 0 Å². The van der Waals surface area contributed by atoms with Crippen LogP contribution in [0, 0.1) is 11.8 Å².